The molecular weight excluding hydrogens is 206 g/mol. The van der Waals surface area contributed by atoms with Gasteiger partial charge in [-0.2, -0.15) is 0 Å². The number of nitrogens with zero attached hydrogens (tertiary/aromatic N) is 1. The molecule has 4 nitrogen and oxygen atoms in total. The molecule has 0 bridgehead atoms. The highest BCUT2D eigenvalue weighted by Gasteiger charge is 2.56. The summed E-state index contributed by atoms with van der Waals surface area (Å²) in [6, 6.07) is 0.185. The Morgan fingerprint density at radius 2 is 2.12 bits per heavy atom. The van der Waals surface area contributed by atoms with E-state index >= 15 is 0 Å². The Hall–Kier alpha value is -0.770. The summed E-state index contributed by atoms with van der Waals surface area (Å²) in [5, 5.41) is 9.94. The summed E-state index contributed by atoms with van der Waals surface area (Å²) in [4.78, 5) is 13.7. The van der Waals surface area contributed by atoms with Crippen LogP contribution >= 0.6 is 0 Å². The van der Waals surface area contributed by atoms with Gasteiger partial charge in [-0.25, -0.2) is 4.79 Å². The van der Waals surface area contributed by atoms with Gasteiger partial charge in [0.25, 0.3) is 0 Å². The van der Waals surface area contributed by atoms with Gasteiger partial charge in [-0.1, -0.05) is 0 Å². The van der Waals surface area contributed by atoms with Crippen molar-refractivity contribution in [3.8, 4) is 0 Å². The maximum absolute atomic E-state index is 11.9. The molecule has 1 N–H and O–H groups in total. The summed E-state index contributed by atoms with van der Waals surface area (Å²) in [6.45, 7) is 8.17. The number of ether oxygens (including phenoxy) is 1. The lowest BCUT2D eigenvalue weighted by Gasteiger charge is -2.48. The molecule has 1 saturated heterocycles. The molecule has 0 spiro atoms. The Kier molecular flexibility index (Phi) is 2.46. The summed E-state index contributed by atoms with van der Waals surface area (Å²) in [5.74, 6) is 0.236. The second kappa shape index (κ2) is 3.36. The van der Waals surface area contributed by atoms with Gasteiger partial charge in [-0.15, -0.1) is 0 Å². The van der Waals surface area contributed by atoms with Gasteiger partial charge in [0.2, 0.25) is 0 Å². The lowest BCUT2D eigenvalue weighted by Crippen LogP contribution is -2.58. The molecule has 1 heterocycles. The van der Waals surface area contributed by atoms with Crippen LogP contribution in [0.2, 0.25) is 0 Å². The van der Waals surface area contributed by atoms with Crippen LogP contribution in [0.1, 0.15) is 40.5 Å². The quantitative estimate of drug-likeness (QED) is 0.686. The normalized spacial score (nSPS) is 37.9. The molecule has 92 valence electrons. The van der Waals surface area contributed by atoms with E-state index in [2.05, 4.69) is 0 Å². The molecular formula is C12H21NO3. The smallest absolute Gasteiger partial charge is 0.410 e. The van der Waals surface area contributed by atoms with E-state index in [1.165, 1.54) is 0 Å². The van der Waals surface area contributed by atoms with Gasteiger partial charge in [0, 0.05) is 18.5 Å². The molecule has 0 aromatic heterocycles. The molecule has 2 fully saturated rings. The van der Waals surface area contributed by atoms with Crippen molar-refractivity contribution in [1.82, 2.24) is 4.90 Å². The lowest BCUT2D eigenvalue weighted by atomic mass is 9.67. The summed E-state index contributed by atoms with van der Waals surface area (Å²) in [6.07, 6.45) is 1.32. The Bertz CT molecular complexity index is 306. The van der Waals surface area contributed by atoms with E-state index in [0.717, 1.165) is 6.42 Å². The molecule has 0 aromatic carbocycles. The maximum atomic E-state index is 11.9. The number of hydrogen-bond donors (Lipinski definition) is 1. The van der Waals surface area contributed by atoms with Crippen LogP contribution in [-0.4, -0.2) is 39.9 Å². The maximum Gasteiger partial charge on any atom is 0.410 e. The number of hydrogen-bond acceptors (Lipinski definition) is 3. The van der Waals surface area contributed by atoms with Gasteiger partial charge in [0.15, 0.2) is 0 Å². The first kappa shape index (κ1) is 11.7. The Balaban J connectivity index is 1.96. The number of rotatable bonds is 0. The summed E-state index contributed by atoms with van der Waals surface area (Å²) < 4.78 is 5.35. The van der Waals surface area contributed by atoms with Crippen molar-refractivity contribution in [2.75, 3.05) is 6.54 Å². The zero-order chi connectivity index (χ0) is 12.1. The molecule has 16 heavy (non-hydrogen) atoms. The molecule has 4 heteroatoms. The second-order valence-electron chi connectivity index (χ2n) is 6.20. The summed E-state index contributed by atoms with van der Waals surface area (Å²) in [5.41, 5.74) is -1.02. The highest BCUT2D eigenvalue weighted by Crippen LogP contribution is 2.48. The third kappa shape index (κ3) is 1.90. The van der Waals surface area contributed by atoms with Crippen LogP contribution in [0, 0.1) is 5.92 Å². The predicted octanol–water partition coefficient (Wildman–Crippen LogP) is 1.77. The van der Waals surface area contributed by atoms with E-state index in [9.17, 15) is 9.90 Å². The predicted molar refractivity (Wildman–Crippen MR) is 60.1 cm³/mol. The SMILES string of the molecule is CC(C)(C)OC(=O)N1CC[C@H]2[C@@H]1C[C@@]2(C)O. The number of amides is 1. The molecule has 1 aliphatic carbocycles. The zero-order valence-corrected chi connectivity index (χ0v) is 10.5. The third-order valence-corrected chi connectivity index (χ3v) is 3.60. The monoisotopic (exact) mass is 227 g/mol. The lowest BCUT2D eigenvalue weighted by molar-refractivity contribution is -0.108. The van der Waals surface area contributed by atoms with Crippen LogP contribution in [0.15, 0.2) is 0 Å². The molecule has 1 aliphatic heterocycles. The fourth-order valence-electron chi connectivity index (χ4n) is 2.79. The van der Waals surface area contributed by atoms with Gasteiger partial charge in [0.1, 0.15) is 5.60 Å². The molecule has 1 saturated carbocycles. The minimum absolute atomic E-state index is 0.185. The van der Waals surface area contributed by atoms with Gasteiger partial charge in [-0.05, 0) is 40.5 Å². The first-order valence-corrected chi connectivity index (χ1v) is 5.93. The Morgan fingerprint density at radius 1 is 1.50 bits per heavy atom. The second-order valence-corrected chi connectivity index (χ2v) is 6.20. The fourth-order valence-corrected chi connectivity index (χ4v) is 2.79. The third-order valence-electron chi connectivity index (χ3n) is 3.60. The van der Waals surface area contributed by atoms with Crippen LogP contribution in [0.4, 0.5) is 4.79 Å². The van der Waals surface area contributed by atoms with Crippen molar-refractivity contribution < 1.29 is 14.6 Å². The highest BCUT2D eigenvalue weighted by atomic mass is 16.6. The average Bonchev–Trinajstić information content (AvgIpc) is 2.40. The van der Waals surface area contributed by atoms with Crippen LogP contribution in [0.25, 0.3) is 0 Å². The van der Waals surface area contributed by atoms with Gasteiger partial charge in [-0.3, -0.25) is 0 Å². The van der Waals surface area contributed by atoms with E-state index in [1.807, 2.05) is 27.7 Å². The number of likely N-dealkylation sites (tertiary alicyclic amines) is 1. The summed E-state index contributed by atoms with van der Waals surface area (Å²) >= 11 is 0. The molecule has 2 rings (SSSR count). The number of carbonyl (C=O) groups excluding carboxylic acids is 1. The van der Waals surface area contributed by atoms with Crippen molar-refractivity contribution in [2.24, 2.45) is 5.92 Å². The Morgan fingerprint density at radius 3 is 2.56 bits per heavy atom. The summed E-state index contributed by atoms with van der Waals surface area (Å²) in [7, 11) is 0. The van der Waals surface area contributed by atoms with E-state index in [1.54, 1.807) is 4.90 Å². The van der Waals surface area contributed by atoms with Gasteiger partial charge >= 0.3 is 6.09 Å². The topological polar surface area (TPSA) is 49.8 Å². The van der Waals surface area contributed by atoms with Crippen molar-refractivity contribution in [3.05, 3.63) is 0 Å². The molecule has 1 amide bonds. The highest BCUT2D eigenvalue weighted by molar-refractivity contribution is 5.69. The minimum atomic E-state index is -0.582. The first-order chi connectivity index (χ1) is 7.21. The van der Waals surface area contributed by atoms with Crippen LogP contribution < -0.4 is 0 Å². The Labute approximate surface area is 96.6 Å². The molecule has 0 aromatic rings. The van der Waals surface area contributed by atoms with E-state index < -0.39 is 11.2 Å². The molecule has 3 atom stereocenters. The number of fused-ring (bicyclic) bond motifs is 1. The van der Waals surface area contributed by atoms with Crippen LogP contribution in [0.3, 0.4) is 0 Å². The van der Waals surface area contributed by atoms with Crippen LogP contribution in [-0.2, 0) is 4.74 Å². The molecule has 0 radical (unpaired) electrons. The standard InChI is InChI=1S/C12H21NO3/c1-11(2,3)16-10(14)13-6-5-8-9(13)7-12(8,4)15/h8-9,15H,5-7H2,1-4H3/t8-,9-,12+/m0/s1. The van der Waals surface area contributed by atoms with Crippen molar-refractivity contribution in [3.63, 3.8) is 0 Å². The van der Waals surface area contributed by atoms with E-state index in [0.29, 0.717) is 13.0 Å². The first-order valence-electron chi connectivity index (χ1n) is 5.93. The van der Waals surface area contributed by atoms with Crippen LogP contribution in [0.5, 0.6) is 0 Å². The average molecular weight is 227 g/mol. The zero-order valence-electron chi connectivity index (χ0n) is 10.5. The van der Waals surface area contributed by atoms with E-state index in [-0.39, 0.29) is 18.1 Å². The van der Waals surface area contributed by atoms with Crippen molar-refractivity contribution in [2.45, 2.75) is 57.8 Å². The van der Waals surface area contributed by atoms with Crippen molar-refractivity contribution in [1.29, 1.82) is 0 Å². The molecule has 2 aliphatic rings. The number of carbonyl (C=O) groups is 1. The van der Waals surface area contributed by atoms with Gasteiger partial charge in [0.05, 0.1) is 5.60 Å². The number of aliphatic hydroxyl groups is 1. The molecule has 0 unspecified atom stereocenters. The minimum Gasteiger partial charge on any atom is -0.444 e. The van der Waals surface area contributed by atoms with Crippen molar-refractivity contribution >= 4 is 6.09 Å². The fraction of sp³-hybridized carbons (Fsp3) is 0.917. The van der Waals surface area contributed by atoms with Gasteiger partial charge < -0.3 is 14.7 Å². The largest absolute Gasteiger partial charge is 0.444 e. The van der Waals surface area contributed by atoms with E-state index in [4.69, 9.17) is 4.74 Å².